The quantitative estimate of drug-likeness (QED) is 0.742. The standard InChI is InChI=1S/C15H16BrN3S/c1-9-6-12(16)7-10(2)14(9)17-8-13-11(3)18-15-19(13)4-5-20-15/h4-7,17H,8H2,1-3H3. The van der Waals surface area contributed by atoms with Crippen molar-refractivity contribution in [1.82, 2.24) is 9.38 Å². The second kappa shape index (κ2) is 5.22. The first-order valence-corrected chi connectivity index (χ1v) is 8.15. The zero-order valence-electron chi connectivity index (χ0n) is 11.7. The fraction of sp³-hybridized carbons (Fsp3) is 0.267. The van der Waals surface area contributed by atoms with Gasteiger partial charge in [-0.1, -0.05) is 15.9 Å². The summed E-state index contributed by atoms with van der Waals surface area (Å²) in [7, 11) is 0. The molecule has 2 aromatic heterocycles. The monoisotopic (exact) mass is 349 g/mol. The lowest BCUT2D eigenvalue weighted by molar-refractivity contribution is 0.989. The van der Waals surface area contributed by atoms with Gasteiger partial charge in [-0.15, -0.1) is 11.3 Å². The lowest BCUT2D eigenvalue weighted by atomic mass is 10.1. The van der Waals surface area contributed by atoms with Gasteiger partial charge >= 0.3 is 0 Å². The van der Waals surface area contributed by atoms with Crippen LogP contribution in [0.1, 0.15) is 22.5 Å². The van der Waals surface area contributed by atoms with Gasteiger partial charge in [0.2, 0.25) is 0 Å². The third-order valence-electron chi connectivity index (χ3n) is 3.49. The first kappa shape index (κ1) is 13.6. The van der Waals surface area contributed by atoms with Crippen LogP contribution in [0.5, 0.6) is 0 Å². The summed E-state index contributed by atoms with van der Waals surface area (Å²) in [6.45, 7) is 7.11. The maximum atomic E-state index is 4.58. The molecule has 1 aromatic carbocycles. The average molecular weight is 350 g/mol. The van der Waals surface area contributed by atoms with Crippen LogP contribution in [0.3, 0.4) is 0 Å². The van der Waals surface area contributed by atoms with E-state index in [1.807, 2.05) is 0 Å². The van der Waals surface area contributed by atoms with Gasteiger partial charge in [-0.25, -0.2) is 4.98 Å². The highest BCUT2D eigenvalue weighted by Gasteiger charge is 2.10. The Labute approximate surface area is 130 Å². The number of anilines is 1. The Morgan fingerprint density at radius 3 is 2.65 bits per heavy atom. The van der Waals surface area contributed by atoms with Crippen LogP contribution in [0, 0.1) is 20.8 Å². The third-order valence-corrected chi connectivity index (χ3v) is 4.71. The van der Waals surface area contributed by atoms with Gasteiger partial charge in [-0.2, -0.15) is 0 Å². The van der Waals surface area contributed by atoms with Gasteiger partial charge < -0.3 is 5.32 Å². The van der Waals surface area contributed by atoms with Crippen LogP contribution in [0.4, 0.5) is 5.69 Å². The molecule has 0 saturated heterocycles. The number of hydrogen-bond acceptors (Lipinski definition) is 3. The van der Waals surface area contributed by atoms with Crippen molar-refractivity contribution >= 4 is 37.9 Å². The largest absolute Gasteiger partial charge is 0.379 e. The maximum absolute atomic E-state index is 4.58. The summed E-state index contributed by atoms with van der Waals surface area (Å²) >= 11 is 5.21. The van der Waals surface area contributed by atoms with Crippen molar-refractivity contribution in [3.05, 3.63) is 50.7 Å². The molecule has 0 fully saturated rings. The molecule has 5 heteroatoms. The molecule has 3 nitrogen and oxygen atoms in total. The summed E-state index contributed by atoms with van der Waals surface area (Å²) in [4.78, 5) is 5.64. The van der Waals surface area contributed by atoms with Crippen LogP contribution in [0.25, 0.3) is 4.96 Å². The van der Waals surface area contributed by atoms with E-state index in [9.17, 15) is 0 Å². The minimum atomic E-state index is 0.785. The number of aryl methyl sites for hydroxylation is 3. The SMILES string of the molecule is Cc1cc(Br)cc(C)c1NCc1c(C)nc2sccn12. The Balaban J connectivity index is 1.90. The van der Waals surface area contributed by atoms with Crippen LogP contribution in [0.15, 0.2) is 28.2 Å². The summed E-state index contributed by atoms with van der Waals surface area (Å²) in [5.41, 5.74) is 6.03. The van der Waals surface area contributed by atoms with Gasteiger partial charge in [0.25, 0.3) is 0 Å². The molecule has 104 valence electrons. The zero-order chi connectivity index (χ0) is 14.3. The number of thiazole rings is 1. The van der Waals surface area contributed by atoms with Gasteiger partial charge in [0.05, 0.1) is 17.9 Å². The number of nitrogens with one attached hydrogen (secondary N) is 1. The number of imidazole rings is 1. The zero-order valence-corrected chi connectivity index (χ0v) is 14.1. The third kappa shape index (κ3) is 2.36. The van der Waals surface area contributed by atoms with Gasteiger partial charge in [-0.3, -0.25) is 4.40 Å². The first-order valence-electron chi connectivity index (χ1n) is 6.48. The van der Waals surface area contributed by atoms with Crippen LogP contribution in [0.2, 0.25) is 0 Å². The molecule has 0 aliphatic rings. The number of benzene rings is 1. The van der Waals surface area contributed by atoms with Crippen molar-refractivity contribution < 1.29 is 0 Å². The van der Waals surface area contributed by atoms with Crippen molar-refractivity contribution in [2.75, 3.05) is 5.32 Å². The van der Waals surface area contributed by atoms with E-state index in [4.69, 9.17) is 0 Å². The van der Waals surface area contributed by atoms with E-state index < -0.39 is 0 Å². The molecular formula is C15H16BrN3S. The molecule has 0 amide bonds. The lowest BCUT2D eigenvalue weighted by Crippen LogP contribution is -2.06. The van der Waals surface area contributed by atoms with Gasteiger partial charge in [0, 0.05) is 21.7 Å². The van der Waals surface area contributed by atoms with E-state index >= 15 is 0 Å². The minimum absolute atomic E-state index is 0.785. The predicted molar refractivity (Wildman–Crippen MR) is 88.7 cm³/mol. The molecule has 0 unspecified atom stereocenters. The Hall–Kier alpha value is -1.33. The van der Waals surface area contributed by atoms with Gasteiger partial charge in [-0.05, 0) is 44.0 Å². The molecular weight excluding hydrogens is 334 g/mol. The average Bonchev–Trinajstić information content (AvgIpc) is 2.90. The van der Waals surface area contributed by atoms with Crippen molar-refractivity contribution in [1.29, 1.82) is 0 Å². The highest BCUT2D eigenvalue weighted by molar-refractivity contribution is 9.10. The fourth-order valence-corrected chi connectivity index (χ4v) is 3.98. The van der Waals surface area contributed by atoms with Crippen LogP contribution in [-0.2, 0) is 6.54 Å². The molecule has 3 aromatic rings. The van der Waals surface area contributed by atoms with E-state index in [-0.39, 0.29) is 0 Å². The summed E-state index contributed by atoms with van der Waals surface area (Å²) in [5, 5.41) is 5.63. The van der Waals surface area contributed by atoms with E-state index in [1.165, 1.54) is 22.5 Å². The number of rotatable bonds is 3. The first-order chi connectivity index (χ1) is 9.56. The highest BCUT2D eigenvalue weighted by Crippen LogP contribution is 2.26. The van der Waals surface area contributed by atoms with E-state index in [2.05, 4.69) is 75.1 Å². The van der Waals surface area contributed by atoms with Crippen molar-refractivity contribution in [3.63, 3.8) is 0 Å². The lowest BCUT2D eigenvalue weighted by Gasteiger charge is -2.13. The molecule has 0 saturated carbocycles. The van der Waals surface area contributed by atoms with E-state index in [1.54, 1.807) is 11.3 Å². The number of aromatic nitrogens is 2. The minimum Gasteiger partial charge on any atom is -0.379 e. The number of hydrogen-bond donors (Lipinski definition) is 1. The molecule has 1 N–H and O–H groups in total. The Morgan fingerprint density at radius 2 is 1.95 bits per heavy atom. The van der Waals surface area contributed by atoms with Crippen LogP contribution < -0.4 is 5.32 Å². The fourth-order valence-electron chi connectivity index (χ4n) is 2.52. The molecule has 0 radical (unpaired) electrons. The second-order valence-electron chi connectivity index (χ2n) is 4.97. The normalized spacial score (nSPS) is 11.2. The Morgan fingerprint density at radius 1 is 1.25 bits per heavy atom. The molecule has 0 aliphatic heterocycles. The number of halogens is 1. The topological polar surface area (TPSA) is 29.3 Å². The van der Waals surface area contributed by atoms with Crippen molar-refractivity contribution in [3.8, 4) is 0 Å². The van der Waals surface area contributed by atoms with Crippen LogP contribution >= 0.6 is 27.3 Å². The Bertz CT molecular complexity index is 750. The summed E-state index contributed by atoms with van der Waals surface area (Å²) in [6.07, 6.45) is 2.08. The van der Waals surface area contributed by atoms with Crippen LogP contribution in [-0.4, -0.2) is 9.38 Å². The van der Waals surface area contributed by atoms with Crippen molar-refractivity contribution in [2.45, 2.75) is 27.3 Å². The number of nitrogens with zero attached hydrogens (tertiary/aromatic N) is 2. The molecule has 0 atom stereocenters. The van der Waals surface area contributed by atoms with Gasteiger partial charge in [0.15, 0.2) is 4.96 Å². The molecule has 3 rings (SSSR count). The molecule has 20 heavy (non-hydrogen) atoms. The maximum Gasteiger partial charge on any atom is 0.194 e. The highest BCUT2D eigenvalue weighted by atomic mass is 79.9. The number of fused-ring (bicyclic) bond motifs is 1. The second-order valence-corrected chi connectivity index (χ2v) is 6.76. The molecule has 0 spiro atoms. The van der Waals surface area contributed by atoms with Gasteiger partial charge in [0.1, 0.15) is 0 Å². The predicted octanol–water partition coefficient (Wildman–Crippen LogP) is 4.70. The smallest absolute Gasteiger partial charge is 0.194 e. The summed E-state index contributed by atoms with van der Waals surface area (Å²) in [5.74, 6) is 0. The molecule has 0 bridgehead atoms. The van der Waals surface area contributed by atoms with E-state index in [0.29, 0.717) is 0 Å². The molecule has 2 heterocycles. The summed E-state index contributed by atoms with van der Waals surface area (Å²) in [6, 6.07) is 4.28. The summed E-state index contributed by atoms with van der Waals surface area (Å²) < 4.78 is 3.29. The Kier molecular flexibility index (Phi) is 3.56. The molecule has 0 aliphatic carbocycles. The van der Waals surface area contributed by atoms with E-state index in [0.717, 1.165) is 21.7 Å². The van der Waals surface area contributed by atoms with Crippen molar-refractivity contribution in [2.24, 2.45) is 0 Å².